The highest BCUT2D eigenvalue weighted by molar-refractivity contribution is 7.99. The number of hydrogen-bond acceptors (Lipinski definition) is 5. The van der Waals surface area contributed by atoms with Gasteiger partial charge in [0.1, 0.15) is 16.3 Å². The third-order valence-electron chi connectivity index (χ3n) is 4.79. The summed E-state index contributed by atoms with van der Waals surface area (Å²) in [5.41, 5.74) is -0.164. The molecule has 0 radical (unpaired) electrons. The van der Waals surface area contributed by atoms with Gasteiger partial charge in [0.05, 0.1) is 12.3 Å². The summed E-state index contributed by atoms with van der Waals surface area (Å²) >= 11 is 0.964. The first-order chi connectivity index (χ1) is 15.4. The van der Waals surface area contributed by atoms with Crippen LogP contribution in [0.4, 0.5) is 24.8 Å². The number of ether oxygens (including phenoxy) is 1. The molecule has 0 aliphatic carbocycles. The number of aromatic nitrogens is 2. The van der Waals surface area contributed by atoms with Gasteiger partial charge in [0, 0.05) is 18.1 Å². The molecule has 32 heavy (non-hydrogen) atoms. The van der Waals surface area contributed by atoms with E-state index in [0.717, 1.165) is 43.6 Å². The third-order valence-corrected chi connectivity index (χ3v) is 5.80. The Morgan fingerprint density at radius 3 is 2.41 bits per heavy atom. The van der Waals surface area contributed by atoms with Crippen molar-refractivity contribution in [3.05, 3.63) is 66.4 Å². The molecule has 0 saturated heterocycles. The van der Waals surface area contributed by atoms with E-state index in [9.17, 15) is 13.2 Å². The second-order valence-electron chi connectivity index (χ2n) is 7.24. The Labute approximate surface area is 190 Å². The van der Waals surface area contributed by atoms with E-state index in [-0.39, 0.29) is 11.0 Å². The zero-order valence-electron chi connectivity index (χ0n) is 18.1. The van der Waals surface area contributed by atoms with Crippen molar-refractivity contribution in [2.45, 2.75) is 48.7 Å². The van der Waals surface area contributed by atoms with Crippen LogP contribution in [0.3, 0.4) is 0 Å². The van der Waals surface area contributed by atoms with Crippen molar-refractivity contribution in [1.82, 2.24) is 9.97 Å². The van der Waals surface area contributed by atoms with Crippen molar-refractivity contribution >= 4 is 23.4 Å². The number of rotatable bonds is 10. The zero-order chi connectivity index (χ0) is 23.0. The molecule has 3 rings (SSSR count). The van der Waals surface area contributed by atoms with E-state index in [1.165, 1.54) is 0 Å². The van der Waals surface area contributed by atoms with Crippen molar-refractivity contribution in [3.8, 4) is 5.75 Å². The first kappa shape index (κ1) is 23.9. The summed E-state index contributed by atoms with van der Waals surface area (Å²) in [5.74, 6) is 0.811. The minimum atomic E-state index is -4.55. The lowest BCUT2D eigenvalue weighted by atomic mass is 10.2. The van der Waals surface area contributed by atoms with Crippen LogP contribution in [-0.2, 0) is 6.18 Å². The van der Waals surface area contributed by atoms with E-state index < -0.39 is 11.7 Å². The Hall–Kier alpha value is -2.74. The molecule has 8 heteroatoms. The summed E-state index contributed by atoms with van der Waals surface area (Å²) in [7, 11) is 1.72. The molecule has 0 spiro atoms. The van der Waals surface area contributed by atoms with Crippen molar-refractivity contribution in [3.63, 3.8) is 0 Å². The maximum absolute atomic E-state index is 13.6. The summed E-state index contributed by atoms with van der Waals surface area (Å²) in [6, 6.07) is 16.3. The number of hydrogen-bond donors (Lipinski definition) is 0. The number of alkyl halides is 3. The van der Waals surface area contributed by atoms with Gasteiger partial charge in [-0.15, -0.1) is 0 Å². The van der Waals surface area contributed by atoms with Crippen LogP contribution in [0.15, 0.2) is 70.7 Å². The van der Waals surface area contributed by atoms with E-state index >= 15 is 0 Å². The van der Waals surface area contributed by atoms with Crippen LogP contribution >= 0.6 is 11.8 Å². The fourth-order valence-corrected chi connectivity index (χ4v) is 3.99. The largest absolute Gasteiger partial charge is 0.491 e. The van der Waals surface area contributed by atoms with Gasteiger partial charge in [0.15, 0.2) is 0 Å². The fourth-order valence-electron chi connectivity index (χ4n) is 3.07. The van der Waals surface area contributed by atoms with Crippen molar-refractivity contribution in [1.29, 1.82) is 0 Å². The number of para-hydroxylation sites is 2. The zero-order valence-corrected chi connectivity index (χ0v) is 18.9. The maximum atomic E-state index is 13.6. The van der Waals surface area contributed by atoms with E-state index in [1.807, 2.05) is 30.3 Å². The minimum absolute atomic E-state index is 0.140. The van der Waals surface area contributed by atoms with Gasteiger partial charge in [-0.05, 0) is 30.7 Å². The van der Waals surface area contributed by atoms with E-state index in [2.05, 4.69) is 16.9 Å². The van der Waals surface area contributed by atoms with Crippen molar-refractivity contribution in [2.24, 2.45) is 0 Å². The summed E-state index contributed by atoms with van der Waals surface area (Å²) in [6.07, 6.45) is 0.642. The fraction of sp³-hybridized carbons (Fsp3) is 0.333. The first-order valence-corrected chi connectivity index (χ1v) is 11.3. The van der Waals surface area contributed by atoms with Crippen LogP contribution in [0.2, 0.25) is 0 Å². The molecule has 0 aliphatic rings. The smallest absolute Gasteiger partial charge is 0.420 e. The van der Waals surface area contributed by atoms with E-state index in [4.69, 9.17) is 4.74 Å². The number of nitrogens with zero attached hydrogens (tertiary/aromatic N) is 3. The molecule has 4 nitrogen and oxygen atoms in total. The van der Waals surface area contributed by atoms with Gasteiger partial charge < -0.3 is 9.64 Å². The quantitative estimate of drug-likeness (QED) is 0.233. The van der Waals surface area contributed by atoms with E-state index in [1.54, 1.807) is 36.2 Å². The number of anilines is 2. The molecule has 3 aromatic rings. The summed E-state index contributed by atoms with van der Waals surface area (Å²) in [6.45, 7) is 2.73. The predicted molar refractivity (Wildman–Crippen MR) is 122 cm³/mol. The van der Waals surface area contributed by atoms with Gasteiger partial charge in [-0.3, -0.25) is 0 Å². The predicted octanol–water partition coefficient (Wildman–Crippen LogP) is 7.37. The molecule has 0 bridgehead atoms. The number of unbranched alkanes of at least 4 members (excludes halogenated alkanes) is 3. The van der Waals surface area contributed by atoms with Crippen LogP contribution in [0, 0.1) is 0 Å². The third kappa shape index (κ3) is 6.38. The molecular weight excluding hydrogens is 435 g/mol. The monoisotopic (exact) mass is 461 g/mol. The Kier molecular flexibility index (Phi) is 8.39. The Morgan fingerprint density at radius 2 is 1.69 bits per heavy atom. The molecule has 170 valence electrons. The van der Waals surface area contributed by atoms with Crippen LogP contribution in [-0.4, -0.2) is 23.6 Å². The molecule has 1 aromatic heterocycles. The highest BCUT2D eigenvalue weighted by Gasteiger charge is 2.35. The number of halogens is 3. The Balaban J connectivity index is 1.87. The molecule has 0 atom stereocenters. The Morgan fingerprint density at radius 1 is 0.969 bits per heavy atom. The average molecular weight is 462 g/mol. The van der Waals surface area contributed by atoms with Crippen LogP contribution in [0.5, 0.6) is 5.75 Å². The highest BCUT2D eigenvalue weighted by Crippen LogP contribution is 2.39. The second-order valence-corrected chi connectivity index (χ2v) is 8.30. The van der Waals surface area contributed by atoms with Gasteiger partial charge in [0.2, 0.25) is 5.95 Å². The molecule has 0 fully saturated rings. The van der Waals surface area contributed by atoms with Crippen LogP contribution in [0.1, 0.15) is 38.2 Å². The second kappa shape index (κ2) is 11.2. The van der Waals surface area contributed by atoms with Gasteiger partial charge >= 0.3 is 6.18 Å². The maximum Gasteiger partial charge on any atom is 0.420 e. The highest BCUT2D eigenvalue weighted by atomic mass is 32.2. The SMILES string of the molecule is CCCCCCOc1ccccc1N(C)c1ncc(C(F)(F)F)c(Sc2ccccc2)n1. The number of benzene rings is 2. The van der Waals surface area contributed by atoms with Gasteiger partial charge in [-0.1, -0.05) is 68.3 Å². The van der Waals surface area contributed by atoms with E-state index in [0.29, 0.717) is 22.9 Å². The molecule has 0 N–H and O–H groups in total. The average Bonchev–Trinajstić information content (AvgIpc) is 2.78. The van der Waals surface area contributed by atoms with Gasteiger partial charge in [-0.2, -0.15) is 13.2 Å². The normalized spacial score (nSPS) is 11.4. The first-order valence-electron chi connectivity index (χ1n) is 10.5. The minimum Gasteiger partial charge on any atom is -0.491 e. The molecular formula is C24H26F3N3OS. The van der Waals surface area contributed by atoms with Gasteiger partial charge in [-0.25, -0.2) is 9.97 Å². The lowest BCUT2D eigenvalue weighted by Gasteiger charge is -2.22. The Bertz CT molecular complexity index is 999. The van der Waals surface area contributed by atoms with Gasteiger partial charge in [0.25, 0.3) is 0 Å². The molecule has 0 unspecified atom stereocenters. The molecule has 1 heterocycles. The van der Waals surface area contributed by atoms with Crippen LogP contribution in [0.25, 0.3) is 0 Å². The summed E-state index contributed by atoms with van der Waals surface area (Å²) in [5, 5.41) is -0.140. The summed E-state index contributed by atoms with van der Waals surface area (Å²) < 4.78 is 46.7. The molecule has 0 aliphatic heterocycles. The topological polar surface area (TPSA) is 38.2 Å². The standard InChI is InChI=1S/C24H26F3N3OS/c1-3-4-5-11-16-31-21-15-10-9-14-20(21)30(2)23-28-17-19(24(25,26)27)22(29-23)32-18-12-7-6-8-13-18/h6-10,12-15,17H,3-5,11,16H2,1-2H3. The lowest BCUT2D eigenvalue weighted by Crippen LogP contribution is -2.17. The van der Waals surface area contributed by atoms with Crippen molar-refractivity contribution in [2.75, 3.05) is 18.6 Å². The van der Waals surface area contributed by atoms with Crippen molar-refractivity contribution < 1.29 is 17.9 Å². The molecule has 0 amide bonds. The summed E-state index contributed by atoms with van der Waals surface area (Å²) in [4.78, 5) is 10.6. The molecule has 0 saturated carbocycles. The van der Waals surface area contributed by atoms with Crippen LogP contribution < -0.4 is 9.64 Å². The molecule has 2 aromatic carbocycles. The lowest BCUT2D eigenvalue weighted by molar-refractivity contribution is -0.140.